The molecule has 4 nitrogen and oxygen atoms in total. The van der Waals surface area contributed by atoms with Gasteiger partial charge in [0, 0.05) is 17.5 Å². The Bertz CT molecular complexity index is 491. The van der Waals surface area contributed by atoms with Gasteiger partial charge in [0.15, 0.2) is 5.78 Å². The number of rotatable bonds is 5. The maximum Gasteiger partial charge on any atom is 0.306 e. The number of carbonyl (C=O) groups excluding carboxylic acids is 2. The summed E-state index contributed by atoms with van der Waals surface area (Å²) in [6, 6.07) is 6.74. The zero-order chi connectivity index (χ0) is 14.1. The summed E-state index contributed by atoms with van der Waals surface area (Å²) in [5.74, 6) is 4.81. The fraction of sp³-hybridized carbons (Fsp3) is 0.333. The molecule has 0 aliphatic heterocycles. The van der Waals surface area contributed by atoms with E-state index < -0.39 is 0 Å². The maximum absolute atomic E-state index is 11.8. The number of hydrogen-bond acceptors (Lipinski definition) is 4. The van der Waals surface area contributed by atoms with E-state index in [0.717, 1.165) is 5.56 Å². The van der Waals surface area contributed by atoms with Crippen LogP contribution < -0.4 is 0 Å². The molecule has 0 aromatic heterocycles. The van der Waals surface area contributed by atoms with Gasteiger partial charge < -0.3 is 9.84 Å². The number of benzene rings is 1. The number of ether oxygens (including phenoxy) is 1. The summed E-state index contributed by atoms with van der Waals surface area (Å²) in [6.07, 6.45) is 0.235. The van der Waals surface area contributed by atoms with Gasteiger partial charge in [-0.25, -0.2) is 0 Å². The fourth-order valence-corrected chi connectivity index (χ4v) is 1.47. The summed E-state index contributed by atoms with van der Waals surface area (Å²) in [5, 5.41) is 8.56. The number of hydrogen-bond donors (Lipinski definition) is 1. The first-order chi connectivity index (χ1) is 9.17. The van der Waals surface area contributed by atoms with E-state index >= 15 is 0 Å². The largest absolute Gasteiger partial charge is 0.466 e. The van der Waals surface area contributed by atoms with E-state index in [1.54, 1.807) is 31.2 Å². The molecule has 0 saturated carbocycles. The normalized spacial score (nSPS) is 9.37. The van der Waals surface area contributed by atoms with Crippen molar-refractivity contribution in [2.45, 2.75) is 19.8 Å². The maximum atomic E-state index is 11.8. The van der Waals surface area contributed by atoms with Crippen molar-refractivity contribution in [2.75, 3.05) is 13.2 Å². The van der Waals surface area contributed by atoms with Gasteiger partial charge in [0.05, 0.1) is 13.0 Å². The van der Waals surface area contributed by atoms with E-state index in [1.807, 2.05) is 0 Å². The molecule has 1 aromatic rings. The second-order valence-corrected chi connectivity index (χ2v) is 3.77. The molecule has 1 rings (SSSR count). The molecule has 0 bridgehead atoms. The Labute approximate surface area is 112 Å². The Morgan fingerprint density at radius 1 is 1.21 bits per heavy atom. The zero-order valence-electron chi connectivity index (χ0n) is 10.8. The number of aliphatic hydroxyl groups is 1. The first-order valence-corrected chi connectivity index (χ1v) is 6.06. The van der Waals surface area contributed by atoms with Crippen LogP contribution in [0.15, 0.2) is 24.3 Å². The minimum absolute atomic E-state index is 0.0960. The van der Waals surface area contributed by atoms with Crippen molar-refractivity contribution in [3.63, 3.8) is 0 Å². The molecule has 0 saturated heterocycles. The third-order valence-corrected chi connectivity index (χ3v) is 2.38. The van der Waals surface area contributed by atoms with Crippen LogP contribution in [0.2, 0.25) is 0 Å². The molecule has 0 atom stereocenters. The standard InChI is InChI=1S/C15H16O4/c1-2-19-15(18)10-9-14(17)13-7-5-12(6-8-13)4-3-11-16/h5-8,16H,2,9-11H2,1H3. The van der Waals surface area contributed by atoms with E-state index in [9.17, 15) is 9.59 Å². The summed E-state index contributed by atoms with van der Waals surface area (Å²) < 4.78 is 4.76. The van der Waals surface area contributed by atoms with E-state index in [2.05, 4.69) is 11.8 Å². The molecule has 0 heterocycles. The molecule has 0 radical (unpaired) electrons. The van der Waals surface area contributed by atoms with Crippen LogP contribution in [0.1, 0.15) is 35.7 Å². The Hall–Kier alpha value is -2.12. The first-order valence-electron chi connectivity index (χ1n) is 6.06. The number of aliphatic hydroxyl groups excluding tert-OH is 1. The highest BCUT2D eigenvalue weighted by atomic mass is 16.5. The molecule has 19 heavy (non-hydrogen) atoms. The topological polar surface area (TPSA) is 63.6 Å². The van der Waals surface area contributed by atoms with Crippen molar-refractivity contribution in [1.82, 2.24) is 0 Å². The Morgan fingerprint density at radius 3 is 2.47 bits per heavy atom. The molecule has 1 aromatic carbocycles. The average Bonchev–Trinajstić information content (AvgIpc) is 2.43. The highest BCUT2D eigenvalue weighted by Gasteiger charge is 2.09. The van der Waals surface area contributed by atoms with Gasteiger partial charge in [0.25, 0.3) is 0 Å². The predicted molar refractivity (Wildman–Crippen MR) is 70.6 cm³/mol. The third kappa shape index (κ3) is 5.36. The number of esters is 1. The average molecular weight is 260 g/mol. The number of carbonyl (C=O) groups is 2. The Morgan fingerprint density at radius 2 is 1.89 bits per heavy atom. The summed E-state index contributed by atoms with van der Waals surface area (Å²) in [7, 11) is 0. The van der Waals surface area contributed by atoms with Crippen LogP contribution >= 0.6 is 0 Å². The summed E-state index contributed by atoms with van der Waals surface area (Å²) in [4.78, 5) is 22.9. The summed E-state index contributed by atoms with van der Waals surface area (Å²) in [6.45, 7) is 1.86. The molecule has 0 aliphatic rings. The van der Waals surface area contributed by atoms with Crippen LogP contribution in [0.3, 0.4) is 0 Å². The van der Waals surface area contributed by atoms with Crippen LogP contribution in [0.25, 0.3) is 0 Å². The minimum Gasteiger partial charge on any atom is -0.466 e. The lowest BCUT2D eigenvalue weighted by Gasteiger charge is -2.02. The lowest BCUT2D eigenvalue weighted by molar-refractivity contribution is -0.143. The van der Waals surface area contributed by atoms with Crippen molar-refractivity contribution in [1.29, 1.82) is 0 Å². The van der Waals surface area contributed by atoms with E-state index in [4.69, 9.17) is 9.84 Å². The Kier molecular flexibility index (Phi) is 6.34. The second-order valence-electron chi connectivity index (χ2n) is 3.77. The van der Waals surface area contributed by atoms with Crippen LogP contribution in [-0.4, -0.2) is 30.1 Å². The van der Waals surface area contributed by atoms with Crippen molar-refractivity contribution in [2.24, 2.45) is 0 Å². The molecule has 100 valence electrons. The van der Waals surface area contributed by atoms with Gasteiger partial charge >= 0.3 is 5.97 Å². The van der Waals surface area contributed by atoms with E-state index in [-0.39, 0.29) is 31.2 Å². The van der Waals surface area contributed by atoms with Crippen LogP contribution in [0.4, 0.5) is 0 Å². The molecule has 0 amide bonds. The predicted octanol–water partition coefficient (Wildman–Crippen LogP) is 1.56. The lowest BCUT2D eigenvalue weighted by Crippen LogP contribution is -2.07. The van der Waals surface area contributed by atoms with Crippen LogP contribution in [0.5, 0.6) is 0 Å². The van der Waals surface area contributed by atoms with Gasteiger partial charge in [-0.15, -0.1) is 0 Å². The fourth-order valence-electron chi connectivity index (χ4n) is 1.47. The second kappa shape index (κ2) is 8.06. The highest BCUT2D eigenvalue weighted by Crippen LogP contribution is 2.08. The minimum atomic E-state index is -0.360. The van der Waals surface area contributed by atoms with Crippen LogP contribution in [0, 0.1) is 11.8 Å². The molecule has 0 unspecified atom stereocenters. The third-order valence-electron chi connectivity index (χ3n) is 2.38. The zero-order valence-corrected chi connectivity index (χ0v) is 10.8. The molecule has 0 spiro atoms. The molecular weight excluding hydrogens is 244 g/mol. The van der Waals surface area contributed by atoms with Crippen LogP contribution in [-0.2, 0) is 9.53 Å². The van der Waals surface area contributed by atoms with Gasteiger partial charge in [-0.05, 0) is 19.1 Å². The molecule has 0 fully saturated rings. The molecule has 0 aliphatic carbocycles. The lowest BCUT2D eigenvalue weighted by atomic mass is 10.0. The van der Waals surface area contributed by atoms with Gasteiger partial charge in [0.2, 0.25) is 0 Å². The van der Waals surface area contributed by atoms with E-state index in [0.29, 0.717) is 12.2 Å². The van der Waals surface area contributed by atoms with Crippen molar-refractivity contribution >= 4 is 11.8 Å². The molecular formula is C15H16O4. The quantitative estimate of drug-likeness (QED) is 0.495. The first kappa shape index (κ1) is 14.9. The summed E-state index contributed by atoms with van der Waals surface area (Å²) >= 11 is 0. The monoisotopic (exact) mass is 260 g/mol. The van der Waals surface area contributed by atoms with Crippen molar-refractivity contribution < 1.29 is 19.4 Å². The van der Waals surface area contributed by atoms with Crippen molar-refractivity contribution in [3.8, 4) is 11.8 Å². The van der Waals surface area contributed by atoms with Gasteiger partial charge in [-0.3, -0.25) is 9.59 Å². The SMILES string of the molecule is CCOC(=O)CCC(=O)c1ccc(C#CCO)cc1. The summed E-state index contributed by atoms with van der Waals surface area (Å²) in [5.41, 5.74) is 1.27. The van der Waals surface area contributed by atoms with Crippen molar-refractivity contribution in [3.05, 3.63) is 35.4 Å². The molecule has 1 N–H and O–H groups in total. The molecule has 4 heteroatoms. The Balaban J connectivity index is 2.55. The highest BCUT2D eigenvalue weighted by molar-refractivity contribution is 5.97. The number of ketones is 1. The smallest absolute Gasteiger partial charge is 0.306 e. The van der Waals surface area contributed by atoms with E-state index in [1.165, 1.54) is 0 Å². The van der Waals surface area contributed by atoms with Gasteiger partial charge in [0.1, 0.15) is 6.61 Å². The number of Topliss-reactive ketones (excluding diaryl/α,β-unsaturated/α-hetero) is 1. The van der Waals surface area contributed by atoms with Gasteiger partial charge in [-0.2, -0.15) is 0 Å². The van der Waals surface area contributed by atoms with Gasteiger partial charge in [-0.1, -0.05) is 24.0 Å².